The maximum absolute atomic E-state index is 11.5. The molecule has 6 heteroatoms. The lowest BCUT2D eigenvalue weighted by molar-refractivity contribution is 0.00578. The van der Waals surface area contributed by atoms with Gasteiger partial charge in [0.25, 0.3) is 5.91 Å². The third-order valence-corrected chi connectivity index (χ3v) is 3.83. The van der Waals surface area contributed by atoms with E-state index < -0.39 is 24.2 Å². The van der Waals surface area contributed by atoms with Gasteiger partial charge in [-0.2, -0.15) is 0 Å². The van der Waals surface area contributed by atoms with E-state index in [0.29, 0.717) is 5.46 Å². The van der Waals surface area contributed by atoms with E-state index in [-0.39, 0.29) is 11.3 Å². The smallest absolute Gasteiger partial charge is 0.495 e. The average Bonchev–Trinajstić information content (AvgIpc) is 2.47. The Hall–Kier alpha value is -1.53. The molecule has 0 saturated carbocycles. The van der Waals surface area contributed by atoms with E-state index in [0.717, 1.165) is 0 Å². The number of carbonyl (C=O) groups excluding carboxylic acids is 1. The number of amides is 1. The standard InChI is InChI=1S/C13H18BNO4/c1-12(2)13(3,4)19-14(18-12)8-6-5-7-9(16)10(8)11(15)17/h5-7,16H,1-4H3,(H2,15,17). The number of hydrogen-bond donors (Lipinski definition) is 2. The fraction of sp³-hybridized carbons (Fsp3) is 0.462. The molecule has 0 atom stereocenters. The number of benzene rings is 1. The van der Waals surface area contributed by atoms with Crippen molar-refractivity contribution >= 4 is 18.5 Å². The second-order valence-corrected chi connectivity index (χ2v) is 5.69. The minimum atomic E-state index is -0.723. The van der Waals surface area contributed by atoms with Crippen LogP contribution in [0.1, 0.15) is 38.1 Å². The quantitative estimate of drug-likeness (QED) is 0.773. The number of aromatic hydroxyl groups is 1. The van der Waals surface area contributed by atoms with Crippen LogP contribution in [0.25, 0.3) is 0 Å². The van der Waals surface area contributed by atoms with Crippen LogP contribution in [0.3, 0.4) is 0 Å². The van der Waals surface area contributed by atoms with Gasteiger partial charge in [-0.15, -0.1) is 0 Å². The molecule has 2 rings (SSSR count). The van der Waals surface area contributed by atoms with Crippen molar-refractivity contribution in [1.29, 1.82) is 0 Å². The topological polar surface area (TPSA) is 81.8 Å². The van der Waals surface area contributed by atoms with Crippen molar-refractivity contribution in [3.8, 4) is 5.75 Å². The van der Waals surface area contributed by atoms with E-state index in [1.165, 1.54) is 6.07 Å². The predicted octanol–water partition coefficient (Wildman–Crippen LogP) is 0.790. The summed E-state index contributed by atoms with van der Waals surface area (Å²) in [5, 5.41) is 9.77. The number of phenols is 1. The normalized spacial score (nSPS) is 20.5. The Morgan fingerprint density at radius 2 is 1.74 bits per heavy atom. The molecule has 0 aromatic heterocycles. The minimum absolute atomic E-state index is 0.0426. The van der Waals surface area contributed by atoms with Crippen LogP contribution in [0.4, 0.5) is 0 Å². The molecule has 1 aliphatic rings. The SMILES string of the molecule is CC1(C)OB(c2cccc(O)c2C(N)=O)OC1(C)C. The molecule has 1 saturated heterocycles. The van der Waals surface area contributed by atoms with E-state index in [9.17, 15) is 9.90 Å². The fourth-order valence-corrected chi connectivity index (χ4v) is 1.99. The number of hydrogen-bond acceptors (Lipinski definition) is 4. The first-order valence-corrected chi connectivity index (χ1v) is 6.13. The summed E-state index contributed by atoms with van der Waals surface area (Å²) in [5.41, 5.74) is 4.77. The van der Waals surface area contributed by atoms with Gasteiger partial charge in [0, 0.05) is 0 Å². The molecule has 1 heterocycles. The third kappa shape index (κ3) is 2.22. The van der Waals surface area contributed by atoms with Crippen molar-refractivity contribution in [2.45, 2.75) is 38.9 Å². The van der Waals surface area contributed by atoms with Gasteiger partial charge in [0.1, 0.15) is 5.75 Å². The molecular formula is C13H18BNO4. The molecule has 3 N–H and O–H groups in total. The van der Waals surface area contributed by atoms with Crippen LogP contribution < -0.4 is 11.2 Å². The molecule has 102 valence electrons. The van der Waals surface area contributed by atoms with Gasteiger partial charge < -0.3 is 20.1 Å². The summed E-state index contributed by atoms with van der Waals surface area (Å²) in [5.74, 6) is -0.873. The largest absolute Gasteiger partial charge is 0.507 e. The van der Waals surface area contributed by atoms with Crippen LogP contribution in [0.5, 0.6) is 5.75 Å². The zero-order chi connectivity index (χ0) is 14.4. The van der Waals surface area contributed by atoms with Gasteiger partial charge in [-0.1, -0.05) is 12.1 Å². The van der Waals surface area contributed by atoms with Crippen molar-refractivity contribution < 1.29 is 19.2 Å². The van der Waals surface area contributed by atoms with Gasteiger partial charge >= 0.3 is 7.12 Å². The predicted molar refractivity (Wildman–Crippen MR) is 72.3 cm³/mol. The van der Waals surface area contributed by atoms with Crippen LogP contribution >= 0.6 is 0 Å². The Bertz CT molecular complexity index is 511. The Kier molecular flexibility index (Phi) is 3.11. The molecule has 1 amide bonds. The Balaban J connectivity index is 2.46. The van der Waals surface area contributed by atoms with Crippen LogP contribution in [-0.2, 0) is 9.31 Å². The lowest BCUT2D eigenvalue weighted by Gasteiger charge is -2.32. The Labute approximate surface area is 112 Å². The number of carbonyl (C=O) groups is 1. The van der Waals surface area contributed by atoms with Crippen molar-refractivity contribution in [2.24, 2.45) is 5.73 Å². The zero-order valence-electron chi connectivity index (χ0n) is 11.6. The van der Waals surface area contributed by atoms with Gasteiger partial charge in [-0.05, 0) is 39.2 Å². The molecule has 1 fully saturated rings. The summed E-state index contributed by atoms with van der Waals surface area (Å²) in [6.07, 6.45) is 0. The number of nitrogens with two attached hydrogens (primary N) is 1. The average molecular weight is 263 g/mol. The van der Waals surface area contributed by atoms with Crippen molar-refractivity contribution in [3.05, 3.63) is 23.8 Å². The summed E-state index contributed by atoms with van der Waals surface area (Å²) in [7, 11) is -0.723. The highest BCUT2D eigenvalue weighted by molar-refractivity contribution is 6.63. The van der Waals surface area contributed by atoms with Crippen molar-refractivity contribution in [3.63, 3.8) is 0 Å². The van der Waals surface area contributed by atoms with Crippen molar-refractivity contribution in [2.75, 3.05) is 0 Å². The molecular weight excluding hydrogens is 245 g/mol. The van der Waals surface area contributed by atoms with Crippen molar-refractivity contribution in [1.82, 2.24) is 0 Å². The lowest BCUT2D eigenvalue weighted by atomic mass is 9.75. The lowest BCUT2D eigenvalue weighted by Crippen LogP contribution is -2.41. The van der Waals surface area contributed by atoms with Gasteiger partial charge in [0.05, 0.1) is 16.8 Å². The highest BCUT2D eigenvalue weighted by Crippen LogP contribution is 2.37. The number of primary amides is 1. The van der Waals surface area contributed by atoms with Crippen LogP contribution in [0, 0.1) is 0 Å². The fourth-order valence-electron chi connectivity index (χ4n) is 1.99. The highest BCUT2D eigenvalue weighted by atomic mass is 16.7. The zero-order valence-corrected chi connectivity index (χ0v) is 11.6. The van der Waals surface area contributed by atoms with Gasteiger partial charge in [0.15, 0.2) is 0 Å². The molecule has 1 aromatic rings. The second-order valence-electron chi connectivity index (χ2n) is 5.69. The second kappa shape index (κ2) is 4.25. The molecule has 0 spiro atoms. The van der Waals surface area contributed by atoms with E-state index in [1.807, 2.05) is 27.7 Å². The van der Waals surface area contributed by atoms with Crippen LogP contribution in [0.2, 0.25) is 0 Å². The maximum Gasteiger partial charge on any atom is 0.495 e. The molecule has 0 aliphatic carbocycles. The first-order valence-electron chi connectivity index (χ1n) is 6.13. The summed E-state index contributed by atoms with van der Waals surface area (Å²) < 4.78 is 11.7. The maximum atomic E-state index is 11.5. The summed E-state index contributed by atoms with van der Waals surface area (Å²) in [4.78, 5) is 11.5. The monoisotopic (exact) mass is 263 g/mol. The molecule has 1 aliphatic heterocycles. The first kappa shape index (κ1) is 13.9. The summed E-state index contributed by atoms with van der Waals surface area (Å²) in [6, 6.07) is 4.71. The molecule has 1 aromatic carbocycles. The molecule has 19 heavy (non-hydrogen) atoms. The number of rotatable bonds is 2. The molecule has 0 radical (unpaired) electrons. The summed E-state index contributed by atoms with van der Waals surface area (Å²) >= 11 is 0. The highest BCUT2D eigenvalue weighted by Gasteiger charge is 2.52. The first-order chi connectivity index (χ1) is 8.66. The van der Waals surface area contributed by atoms with E-state index in [1.54, 1.807) is 12.1 Å². The Morgan fingerprint density at radius 3 is 2.21 bits per heavy atom. The van der Waals surface area contributed by atoms with Crippen LogP contribution in [-0.4, -0.2) is 29.3 Å². The molecule has 0 unspecified atom stereocenters. The minimum Gasteiger partial charge on any atom is -0.507 e. The van der Waals surface area contributed by atoms with Crippen LogP contribution in [0.15, 0.2) is 18.2 Å². The van der Waals surface area contributed by atoms with Gasteiger partial charge in [0.2, 0.25) is 0 Å². The van der Waals surface area contributed by atoms with E-state index >= 15 is 0 Å². The van der Waals surface area contributed by atoms with E-state index in [2.05, 4.69) is 0 Å². The third-order valence-electron chi connectivity index (χ3n) is 3.83. The summed E-state index contributed by atoms with van der Waals surface area (Å²) in [6.45, 7) is 7.67. The molecule has 5 nitrogen and oxygen atoms in total. The van der Waals surface area contributed by atoms with E-state index in [4.69, 9.17) is 15.0 Å². The molecule has 0 bridgehead atoms. The van der Waals surface area contributed by atoms with Gasteiger partial charge in [-0.3, -0.25) is 4.79 Å². The Morgan fingerprint density at radius 1 is 1.21 bits per heavy atom. The van der Waals surface area contributed by atoms with Gasteiger partial charge in [-0.25, -0.2) is 0 Å².